The van der Waals surface area contributed by atoms with Crippen molar-refractivity contribution in [3.63, 3.8) is 0 Å². The summed E-state index contributed by atoms with van der Waals surface area (Å²) in [5, 5.41) is 39.3. The van der Waals surface area contributed by atoms with Gasteiger partial charge in [0.2, 0.25) is 11.8 Å². The van der Waals surface area contributed by atoms with E-state index in [1.54, 1.807) is 13.8 Å². The van der Waals surface area contributed by atoms with Crippen LogP contribution in [0.1, 0.15) is 45.6 Å². The van der Waals surface area contributed by atoms with Gasteiger partial charge in [0.25, 0.3) is 0 Å². The lowest BCUT2D eigenvalue weighted by Crippen LogP contribution is -2.59. The minimum atomic E-state index is -2.98. The molecule has 4 rings (SSSR count). The van der Waals surface area contributed by atoms with Crippen LogP contribution in [0.2, 0.25) is 0 Å². The van der Waals surface area contributed by atoms with Crippen LogP contribution in [0.25, 0.3) is 11.3 Å². The van der Waals surface area contributed by atoms with Crippen molar-refractivity contribution >= 4 is 17.7 Å². The smallest absolute Gasteiger partial charge is 0.248 e. The number of carbonyl (C=O) groups excluding carboxylic acids is 1. The molecule has 1 saturated heterocycles. The summed E-state index contributed by atoms with van der Waals surface area (Å²) in [5.74, 6) is -8.05. The molecule has 0 radical (unpaired) electrons. The zero-order valence-electron chi connectivity index (χ0n) is 24.0. The van der Waals surface area contributed by atoms with Crippen LogP contribution in [-0.4, -0.2) is 108 Å². The van der Waals surface area contributed by atoms with Crippen LogP contribution in [0.5, 0.6) is 0 Å². The summed E-state index contributed by atoms with van der Waals surface area (Å²) in [6, 6.07) is 0.0238. The minimum Gasteiger partial charge on any atom is -0.394 e. The van der Waals surface area contributed by atoms with Gasteiger partial charge in [0.15, 0.2) is 17.5 Å². The van der Waals surface area contributed by atoms with Crippen LogP contribution in [0, 0.1) is 17.5 Å². The molecule has 1 saturated carbocycles. The quantitative estimate of drug-likeness (QED) is 0.281. The average molecular weight is 639 g/mol. The summed E-state index contributed by atoms with van der Waals surface area (Å²) in [4.78, 5) is 15.1. The number of hydrogen-bond donors (Lipinski definition) is 3. The normalized spacial score (nSPS) is 27.7. The van der Waals surface area contributed by atoms with Gasteiger partial charge in [-0.05, 0) is 38.8 Å². The van der Waals surface area contributed by atoms with E-state index in [9.17, 15) is 42.1 Å². The van der Waals surface area contributed by atoms with Crippen molar-refractivity contribution in [2.75, 3.05) is 20.8 Å². The van der Waals surface area contributed by atoms with Gasteiger partial charge in [-0.2, -0.15) is 0 Å². The summed E-state index contributed by atoms with van der Waals surface area (Å²) >= 11 is 0.828. The van der Waals surface area contributed by atoms with E-state index >= 15 is 0 Å². The predicted octanol–water partition coefficient (Wildman–Crippen LogP) is 2.91. The third-order valence-corrected chi connectivity index (χ3v) is 9.70. The number of halogens is 5. The highest BCUT2D eigenvalue weighted by Gasteiger charge is 2.54. The SMILES string of the molecule is CO[C@@H]1[C@@H](n2cc(-c3cc(F)c(F)c(F)c3)nn2)[C@@H](O)[C@@H](CO)O[C@H]1S[C@H](C(=O)N(C)C(C)C)C1(O)CCC(F)(F)CC1. The summed E-state index contributed by atoms with van der Waals surface area (Å²) < 4.78 is 82.1. The largest absolute Gasteiger partial charge is 0.394 e. The molecule has 3 N–H and O–H groups in total. The fraction of sp³-hybridized carbons (Fsp3) is 0.667. The Kier molecular flexibility index (Phi) is 10.1. The van der Waals surface area contributed by atoms with Crippen molar-refractivity contribution in [3.05, 3.63) is 35.8 Å². The van der Waals surface area contributed by atoms with Crippen molar-refractivity contribution in [1.82, 2.24) is 19.9 Å². The van der Waals surface area contributed by atoms with Crippen molar-refractivity contribution in [2.45, 2.75) is 92.1 Å². The number of thioether (sulfide) groups is 1. The van der Waals surface area contributed by atoms with Crippen LogP contribution in [0.4, 0.5) is 22.0 Å². The Labute approximate surface area is 249 Å². The predicted molar refractivity (Wildman–Crippen MR) is 145 cm³/mol. The van der Waals surface area contributed by atoms with E-state index < -0.39 is 89.4 Å². The number of methoxy groups -OCH3 is 1. The van der Waals surface area contributed by atoms with Gasteiger partial charge in [0, 0.05) is 38.6 Å². The number of aliphatic hydroxyl groups excluding tert-OH is 2. The van der Waals surface area contributed by atoms with Crippen LogP contribution in [0.15, 0.2) is 18.3 Å². The van der Waals surface area contributed by atoms with E-state index in [1.165, 1.54) is 25.3 Å². The summed E-state index contributed by atoms with van der Waals surface area (Å²) in [7, 11) is 2.81. The Hall–Kier alpha value is -2.37. The standard InChI is InChI=1S/C27H35F5N4O6S/c1-13(2)35(3)24(39)23(26(40)5-7-27(31,32)8-6-26)43-25-22(41-4)20(21(38)18(12-37)42-25)36-11-17(33-34-36)14-9-15(28)19(30)16(29)10-14/h9-11,13,18,20-23,25,37-38,40H,5-8,12H2,1-4H3/t18-,20+,21+,22-,23-,25+/m1/s1. The Bertz CT molecular complexity index is 1270. The number of nitrogens with zero attached hydrogens (tertiary/aromatic N) is 4. The molecular weight excluding hydrogens is 603 g/mol. The molecule has 0 spiro atoms. The molecule has 43 heavy (non-hydrogen) atoms. The highest BCUT2D eigenvalue weighted by molar-refractivity contribution is 8.01. The molecule has 16 heteroatoms. The lowest BCUT2D eigenvalue weighted by molar-refractivity contribution is -0.186. The van der Waals surface area contributed by atoms with Crippen LogP contribution < -0.4 is 0 Å². The maximum atomic E-state index is 14.1. The van der Waals surface area contributed by atoms with E-state index in [0.717, 1.165) is 28.6 Å². The van der Waals surface area contributed by atoms with Crippen molar-refractivity contribution in [2.24, 2.45) is 0 Å². The molecule has 2 fully saturated rings. The van der Waals surface area contributed by atoms with Gasteiger partial charge in [-0.3, -0.25) is 4.79 Å². The van der Waals surface area contributed by atoms with E-state index in [2.05, 4.69) is 10.3 Å². The fourth-order valence-corrected chi connectivity index (χ4v) is 6.95. The molecule has 10 nitrogen and oxygen atoms in total. The molecule has 1 aromatic carbocycles. The second-order valence-corrected chi connectivity index (χ2v) is 12.5. The van der Waals surface area contributed by atoms with Gasteiger partial charge in [0.05, 0.1) is 18.4 Å². The van der Waals surface area contributed by atoms with Gasteiger partial charge in [-0.15, -0.1) is 16.9 Å². The van der Waals surface area contributed by atoms with Gasteiger partial charge >= 0.3 is 0 Å². The fourth-order valence-electron chi connectivity index (χ4n) is 5.28. The molecule has 1 aromatic heterocycles. The minimum absolute atomic E-state index is 0.0693. The zero-order valence-corrected chi connectivity index (χ0v) is 24.8. The van der Waals surface area contributed by atoms with Crippen molar-refractivity contribution in [3.8, 4) is 11.3 Å². The third kappa shape index (κ3) is 6.83. The highest BCUT2D eigenvalue weighted by Crippen LogP contribution is 2.47. The molecule has 2 heterocycles. The molecule has 1 aliphatic heterocycles. The number of alkyl halides is 2. The van der Waals surface area contributed by atoms with Crippen LogP contribution >= 0.6 is 11.8 Å². The zero-order chi connectivity index (χ0) is 31.9. The van der Waals surface area contributed by atoms with Gasteiger partial charge < -0.3 is 29.7 Å². The van der Waals surface area contributed by atoms with E-state index in [4.69, 9.17) is 9.47 Å². The summed E-state index contributed by atoms with van der Waals surface area (Å²) in [6.07, 6.45) is -4.54. The number of rotatable bonds is 9. The maximum Gasteiger partial charge on any atom is 0.248 e. The molecule has 6 atom stereocenters. The first-order valence-corrected chi connectivity index (χ1v) is 14.6. The number of ether oxygens (including phenoxy) is 2. The number of aromatic nitrogens is 3. The molecule has 0 bridgehead atoms. The highest BCUT2D eigenvalue weighted by atomic mass is 32.2. The Morgan fingerprint density at radius 2 is 1.81 bits per heavy atom. The molecule has 240 valence electrons. The Morgan fingerprint density at radius 3 is 2.35 bits per heavy atom. The van der Waals surface area contributed by atoms with Gasteiger partial charge in [-0.1, -0.05) is 5.21 Å². The lowest BCUT2D eigenvalue weighted by atomic mass is 9.80. The monoisotopic (exact) mass is 638 g/mol. The first kappa shape index (κ1) is 33.5. The number of aliphatic hydroxyl groups is 3. The second kappa shape index (κ2) is 12.9. The number of carbonyl (C=O) groups is 1. The van der Waals surface area contributed by atoms with E-state index in [-0.39, 0.29) is 30.1 Å². The molecule has 2 aromatic rings. The van der Waals surface area contributed by atoms with Crippen molar-refractivity contribution in [1.29, 1.82) is 0 Å². The second-order valence-electron chi connectivity index (χ2n) is 11.3. The molecule has 0 unspecified atom stereocenters. The Morgan fingerprint density at radius 1 is 1.21 bits per heavy atom. The third-order valence-electron chi connectivity index (χ3n) is 8.14. The first-order valence-electron chi connectivity index (χ1n) is 13.7. The molecule has 1 amide bonds. The average Bonchev–Trinajstić information content (AvgIpc) is 3.45. The molecular formula is C27H35F5N4O6S. The van der Waals surface area contributed by atoms with Crippen LogP contribution in [-0.2, 0) is 14.3 Å². The van der Waals surface area contributed by atoms with E-state index in [0.29, 0.717) is 0 Å². The number of hydrogen-bond acceptors (Lipinski definition) is 9. The maximum absolute atomic E-state index is 14.1. The van der Waals surface area contributed by atoms with Gasteiger partial charge in [0.1, 0.15) is 40.7 Å². The summed E-state index contributed by atoms with van der Waals surface area (Å²) in [5.41, 5.74) is -3.18. The van der Waals surface area contributed by atoms with Gasteiger partial charge in [-0.25, -0.2) is 26.6 Å². The first-order chi connectivity index (χ1) is 20.1. The number of benzene rings is 1. The molecule has 1 aliphatic carbocycles. The van der Waals surface area contributed by atoms with Crippen LogP contribution in [0.3, 0.4) is 0 Å². The topological polar surface area (TPSA) is 130 Å². The lowest BCUT2D eigenvalue weighted by Gasteiger charge is -2.47. The molecule has 2 aliphatic rings. The number of amides is 1. The summed E-state index contributed by atoms with van der Waals surface area (Å²) in [6.45, 7) is 2.83. The van der Waals surface area contributed by atoms with Crippen molar-refractivity contribution < 1.29 is 51.5 Å². The Balaban J connectivity index is 1.69. The van der Waals surface area contributed by atoms with E-state index in [1.807, 2.05) is 0 Å².